The zero-order valence-corrected chi connectivity index (χ0v) is 50.4. The number of hydrogen-bond donors (Lipinski definition) is 3. The molecule has 0 bridgehead atoms. The average molecular weight is 1070 g/mol. The molecule has 0 aliphatic carbocycles. The van der Waals surface area contributed by atoms with Crippen molar-refractivity contribution in [2.45, 2.75) is 214 Å². The number of rotatable bonds is 22. The fourth-order valence-corrected chi connectivity index (χ4v) is 8.74. The molecule has 0 saturated carbocycles. The van der Waals surface area contributed by atoms with Gasteiger partial charge in [0.1, 0.15) is 17.5 Å². The van der Waals surface area contributed by atoms with Crippen molar-refractivity contribution in [3.63, 3.8) is 0 Å². The van der Waals surface area contributed by atoms with Gasteiger partial charge in [-0.3, -0.25) is 9.59 Å². The van der Waals surface area contributed by atoms with Crippen molar-refractivity contribution >= 4 is 58.8 Å². The van der Waals surface area contributed by atoms with E-state index in [-0.39, 0.29) is 29.6 Å². The van der Waals surface area contributed by atoms with E-state index in [0.717, 1.165) is 49.3 Å². The fraction of sp³-hybridized carbons (Fsp3) is 0.774. The number of amidine groups is 1. The molecular formula is C53H105N7O7Sn. The maximum absolute atomic E-state index is 13.0. The third-order valence-corrected chi connectivity index (χ3v) is 15.0. The summed E-state index contributed by atoms with van der Waals surface area (Å²) in [5, 5.41) is 11.5. The van der Waals surface area contributed by atoms with Gasteiger partial charge >= 0.3 is 190 Å². The average Bonchev–Trinajstić information content (AvgIpc) is 3.24. The summed E-state index contributed by atoms with van der Waals surface area (Å²) in [7, 11) is 1.71. The van der Waals surface area contributed by atoms with E-state index < -0.39 is 24.0 Å². The summed E-state index contributed by atoms with van der Waals surface area (Å²) < 4.78 is 16.4. The van der Waals surface area contributed by atoms with Crippen molar-refractivity contribution in [2.75, 3.05) is 46.4 Å². The Morgan fingerprint density at radius 2 is 1.31 bits per heavy atom. The minimum Gasteiger partial charge on any atom is -0.379 e. The van der Waals surface area contributed by atoms with Crippen LogP contribution in [0.4, 0.5) is 0 Å². The first-order valence-electron chi connectivity index (χ1n) is 25.4. The molecule has 398 valence electrons. The van der Waals surface area contributed by atoms with Gasteiger partial charge in [0.2, 0.25) is 0 Å². The third kappa shape index (κ3) is 48.0. The number of hydrogen-bond acceptors (Lipinski definition) is 13. The van der Waals surface area contributed by atoms with Gasteiger partial charge in [-0.2, -0.15) is 0 Å². The van der Waals surface area contributed by atoms with E-state index in [1.165, 1.54) is 48.4 Å². The van der Waals surface area contributed by atoms with Crippen molar-refractivity contribution < 1.29 is 33.4 Å². The van der Waals surface area contributed by atoms with Crippen molar-refractivity contribution in [1.29, 1.82) is 0 Å². The SMILES string of the molecule is CC(C)(C)OC=O.CCC.CCC=O.CCCCCC(C)CC.CCCN(CCN(CCC)CC(=O)OC(C)(C)C)CC(=O)NCc1cc(C2=NNC=NN2)c[c]([Sn]([CH3])([CH3])[CH3])c1.COC(C)(C)C. The van der Waals surface area contributed by atoms with Crippen LogP contribution in [0.2, 0.25) is 14.8 Å². The van der Waals surface area contributed by atoms with Crippen molar-refractivity contribution in [3.8, 4) is 0 Å². The predicted molar refractivity (Wildman–Crippen MR) is 291 cm³/mol. The first-order chi connectivity index (χ1) is 31.6. The molecule has 0 fully saturated rings. The Kier molecular flexibility index (Phi) is 43.8. The van der Waals surface area contributed by atoms with Crippen LogP contribution in [-0.2, 0) is 39.9 Å². The molecule has 2 rings (SSSR count). The van der Waals surface area contributed by atoms with Crippen molar-refractivity contribution in [1.82, 2.24) is 26.0 Å². The molecule has 0 radical (unpaired) electrons. The molecule has 0 aromatic heterocycles. The van der Waals surface area contributed by atoms with E-state index in [0.29, 0.717) is 44.9 Å². The zero-order valence-electron chi connectivity index (χ0n) is 47.5. The molecule has 0 spiro atoms. The number of esters is 1. The molecule has 1 aromatic rings. The monoisotopic (exact) mass is 1070 g/mol. The number of ether oxygens (including phenoxy) is 3. The van der Waals surface area contributed by atoms with Crippen LogP contribution in [0.15, 0.2) is 28.4 Å². The van der Waals surface area contributed by atoms with E-state index in [1.807, 2.05) is 69.2 Å². The standard InChI is InChI=1S/C25H40N7O3.C9H20.C5H10O2.C5H12O.C3H6O.C3H8.3CH3.Sn/c1-6-11-31(13-14-32(12-7-2)18-23(34)35-25(3,4)5)17-22(33)26-16-20-9-8-10-21(15-20)24-29-27-19-28-30-24;1-4-6-7-8-9(3)5-2;1-5(2,3)7-4-6;1-5(2,3)6-4;1-2-3-4;1-3-2;;;;/h9-10,15,19H,6-7,11-14,16-18H2,1-5H3,(H,26,33)(H,27,28)(H,29,30);9H,4-8H2,1-3H3;4H,1-3H3;1-4H3;3H,2H2,1H3;3H2,1-2H3;3*1H3;. The molecule has 14 nitrogen and oxygen atoms in total. The number of hydrazone groups is 2. The Labute approximate surface area is 421 Å². The first-order valence-corrected chi connectivity index (χ1v) is 35.3. The quantitative estimate of drug-likeness (QED) is 0.0438. The normalized spacial score (nSPS) is 12.4. The Balaban J connectivity index is -0.000000567. The largest absolute Gasteiger partial charge is 0.379 e. The zero-order chi connectivity index (χ0) is 53.4. The topological polar surface area (TPSA) is 163 Å². The van der Waals surface area contributed by atoms with Crippen LogP contribution in [0.25, 0.3) is 0 Å². The Hall–Kier alpha value is -3.08. The maximum atomic E-state index is 13.0. The van der Waals surface area contributed by atoms with Crippen LogP contribution in [-0.4, -0.2) is 128 Å². The van der Waals surface area contributed by atoms with E-state index in [9.17, 15) is 19.2 Å². The fourth-order valence-electron chi connectivity index (χ4n) is 5.30. The number of amides is 1. The van der Waals surface area contributed by atoms with Crippen LogP contribution in [0.5, 0.6) is 0 Å². The Bertz CT molecular complexity index is 1500. The summed E-state index contributed by atoms with van der Waals surface area (Å²) in [6, 6.07) is 6.47. The molecule has 1 unspecified atom stereocenters. The second-order valence-corrected chi connectivity index (χ2v) is 35.5. The van der Waals surface area contributed by atoms with Gasteiger partial charge in [0.15, 0.2) is 0 Å². The van der Waals surface area contributed by atoms with Gasteiger partial charge in [-0.25, -0.2) is 0 Å². The molecule has 68 heavy (non-hydrogen) atoms. The van der Waals surface area contributed by atoms with Gasteiger partial charge in [0, 0.05) is 13.5 Å². The summed E-state index contributed by atoms with van der Waals surface area (Å²) in [6.45, 7) is 38.8. The number of benzene rings is 1. The molecule has 1 heterocycles. The number of carbonyl (C=O) groups is 4. The van der Waals surface area contributed by atoms with E-state index in [1.54, 1.807) is 7.11 Å². The summed E-state index contributed by atoms with van der Waals surface area (Å²) in [5.41, 5.74) is 6.98. The van der Waals surface area contributed by atoms with Gasteiger partial charge in [-0.05, 0) is 74.7 Å². The first kappa shape index (κ1) is 71.5. The number of nitrogens with zero attached hydrogens (tertiary/aromatic N) is 4. The second kappa shape index (κ2) is 41.7. The Morgan fingerprint density at radius 3 is 1.68 bits per heavy atom. The van der Waals surface area contributed by atoms with Crippen molar-refractivity contribution in [3.05, 3.63) is 29.3 Å². The molecule has 3 N–H and O–H groups in total. The number of carbonyl (C=O) groups excluding carboxylic acids is 4. The molecule has 1 amide bonds. The summed E-state index contributed by atoms with van der Waals surface area (Å²) >= 11 is -2.39. The van der Waals surface area contributed by atoms with Gasteiger partial charge in [-0.1, -0.05) is 87.0 Å². The van der Waals surface area contributed by atoms with E-state index in [2.05, 4.69) is 122 Å². The molecule has 1 aliphatic rings. The van der Waals surface area contributed by atoms with Crippen LogP contribution in [0.1, 0.15) is 187 Å². The molecular weight excluding hydrogens is 965 g/mol. The Morgan fingerprint density at radius 1 is 0.779 bits per heavy atom. The molecule has 0 saturated heterocycles. The molecule has 1 atom stereocenters. The second-order valence-electron chi connectivity index (χ2n) is 21.0. The summed E-state index contributed by atoms with van der Waals surface area (Å²) in [5.74, 6) is 1.40. The number of nitrogens with one attached hydrogen (secondary N) is 3. The van der Waals surface area contributed by atoms with Gasteiger partial charge in [0.25, 0.3) is 6.47 Å². The minimum absolute atomic E-state index is 0.0109. The van der Waals surface area contributed by atoms with Crippen LogP contribution >= 0.6 is 0 Å². The molecule has 15 heteroatoms. The summed E-state index contributed by atoms with van der Waals surface area (Å²) in [6.07, 6.45) is 13.2. The predicted octanol–water partition coefficient (Wildman–Crippen LogP) is 10.4. The van der Waals surface area contributed by atoms with Gasteiger partial charge in [0.05, 0.1) is 5.60 Å². The number of aldehydes is 1. The van der Waals surface area contributed by atoms with Crippen molar-refractivity contribution in [2.24, 2.45) is 16.1 Å². The molecule has 1 aromatic carbocycles. The third-order valence-electron chi connectivity index (χ3n) is 9.22. The maximum Gasteiger partial charge on any atom is 0.0594 e. The van der Waals surface area contributed by atoms with E-state index in [4.69, 9.17) is 9.47 Å². The van der Waals surface area contributed by atoms with Gasteiger partial charge in [-0.15, -0.1) is 0 Å². The summed E-state index contributed by atoms with van der Waals surface area (Å²) in [4.78, 5) is 55.5. The van der Waals surface area contributed by atoms with Gasteiger partial charge < -0.3 is 19.0 Å². The smallest absolute Gasteiger partial charge is 0.0594 e. The minimum atomic E-state index is -2.39. The van der Waals surface area contributed by atoms with E-state index >= 15 is 0 Å². The number of methoxy groups -OCH3 is 1. The molecule has 1 aliphatic heterocycles. The van der Waals surface area contributed by atoms with Crippen LogP contribution < -0.4 is 19.7 Å². The van der Waals surface area contributed by atoms with Crippen LogP contribution in [0.3, 0.4) is 0 Å². The van der Waals surface area contributed by atoms with Crippen LogP contribution in [0, 0.1) is 5.92 Å². The number of unbranched alkanes of at least 4 members (excludes halogenated alkanes) is 2.